The summed E-state index contributed by atoms with van der Waals surface area (Å²) in [5.41, 5.74) is 1.69. The highest BCUT2D eigenvalue weighted by molar-refractivity contribution is 6.24. The molecule has 2 aliphatic rings. The first kappa shape index (κ1) is 21.1. The lowest BCUT2D eigenvalue weighted by Crippen LogP contribution is -2.42. The number of esters is 1. The van der Waals surface area contributed by atoms with Crippen molar-refractivity contribution >= 4 is 33.3 Å². The molecular weight excluding hydrogens is 444 g/mol. The minimum absolute atomic E-state index is 0.0688. The van der Waals surface area contributed by atoms with E-state index in [0.29, 0.717) is 6.42 Å². The van der Waals surface area contributed by atoms with E-state index in [-0.39, 0.29) is 11.8 Å². The van der Waals surface area contributed by atoms with E-state index in [2.05, 4.69) is 30.3 Å². The minimum atomic E-state index is -1.14. The predicted molar refractivity (Wildman–Crippen MR) is 141 cm³/mol. The number of carbonyl (C=O) groups is 2. The Balaban J connectivity index is 1.77. The van der Waals surface area contributed by atoms with Gasteiger partial charge in [-0.1, -0.05) is 109 Å². The van der Waals surface area contributed by atoms with Crippen LogP contribution in [0.15, 0.2) is 109 Å². The Hall–Kier alpha value is -4.24. The summed E-state index contributed by atoms with van der Waals surface area (Å²) in [4.78, 5) is 28.7. The van der Waals surface area contributed by atoms with Gasteiger partial charge in [0, 0.05) is 0 Å². The molecule has 7 rings (SSSR count). The molecule has 0 spiro atoms. The maximum absolute atomic E-state index is 15.2. The number of ether oxygens (including phenoxy) is 1. The van der Waals surface area contributed by atoms with Crippen molar-refractivity contribution in [2.45, 2.75) is 17.3 Å². The largest absolute Gasteiger partial charge is 0.469 e. The van der Waals surface area contributed by atoms with Gasteiger partial charge in [0.2, 0.25) is 0 Å². The van der Waals surface area contributed by atoms with Gasteiger partial charge in [-0.3, -0.25) is 9.59 Å². The highest BCUT2D eigenvalue weighted by atomic mass is 16.5. The highest BCUT2D eigenvalue weighted by Gasteiger charge is 2.73. The van der Waals surface area contributed by atoms with Gasteiger partial charge in [0.25, 0.3) is 0 Å². The SMILES string of the molecule is COC(=O)[C@H]1C[C@]2(c3ccccc3)C(=O)[C@@]1(c1ccccc1)c1c2c2ccccc2c2ccccc12. The topological polar surface area (TPSA) is 43.4 Å². The summed E-state index contributed by atoms with van der Waals surface area (Å²) in [6.07, 6.45) is 0.382. The number of rotatable bonds is 3. The van der Waals surface area contributed by atoms with Crippen LogP contribution in [-0.4, -0.2) is 18.9 Å². The molecule has 3 nitrogen and oxygen atoms in total. The quantitative estimate of drug-likeness (QED) is 0.229. The van der Waals surface area contributed by atoms with E-state index in [1.54, 1.807) is 0 Å². The van der Waals surface area contributed by atoms with Crippen molar-refractivity contribution in [3.8, 4) is 0 Å². The average molecular weight is 469 g/mol. The summed E-state index contributed by atoms with van der Waals surface area (Å²) in [5, 5.41) is 4.31. The first-order chi connectivity index (χ1) is 17.7. The standard InChI is InChI=1S/C33H24O3/c1-36-30(34)27-20-32(21-12-4-2-5-13-21)28-25-18-10-8-16-23(25)24-17-9-11-19-26(24)29(28)33(27,31(32)35)22-14-6-3-7-15-22/h2-19,27H,20H2,1H3/t27-,32-,33-/m1/s1. The Morgan fingerprint density at radius 1 is 0.667 bits per heavy atom. The van der Waals surface area contributed by atoms with Crippen LogP contribution in [0.1, 0.15) is 28.7 Å². The van der Waals surface area contributed by atoms with Crippen molar-refractivity contribution in [1.29, 1.82) is 0 Å². The van der Waals surface area contributed by atoms with Crippen molar-refractivity contribution in [1.82, 2.24) is 0 Å². The van der Waals surface area contributed by atoms with E-state index in [1.165, 1.54) is 7.11 Å². The lowest BCUT2D eigenvalue weighted by molar-refractivity contribution is -0.148. The van der Waals surface area contributed by atoms with Gasteiger partial charge in [-0.2, -0.15) is 0 Å². The summed E-state index contributed by atoms with van der Waals surface area (Å²) in [5.74, 6) is -0.901. The first-order valence-corrected chi connectivity index (χ1v) is 12.3. The molecule has 0 saturated heterocycles. The number of hydrogen-bond acceptors (Lipinski definition) is 3. The third-order valence-corrected chi connectivity index (χ3v) is 8.51. The second kappa shape index (κ2) is 7.38. The molecule has 174 valence electrons. The molecule has 0 unspecified atom stereocenters. The first-order valence-electron chi connectivity index (χ1n) is 12.3. The second-order valence-corrected chi connectivity index (χ2v) is 9.90. The molecule has 36 heavy (non-hydrogen) atoms. The Morgan fingerprint density at radius 3 is 1.69 bits per heavy atom. The van der Waals surface area contributed by atoms with Gasteiger partial charge >= 0.3 is 5.97 Å². The fraction of sp³-hybridized carbons (Fsp3) is 0.152. The Morgan fingerprint density at radius 2 is 1.14 bits per heavy atom. The van der Waals surface area contributed by atoms with Gasteiger partial charge in [0.15, 0.2) is 5.78 Å². The number of fused-ring (bicyclic) bond motifs is 10. The third kappa shape index (κ3) is 2.33. The van der Waals surface area contributed by atoms with E-state index in [4.69, 9.17) is 4.74 Å². The van der Waals surface area contributed by atoms with E-state index < -0.39 is 16.7 Å². The number of ketones is 1. The van der Waals surface area contributed by atoms with Gasteiger partial charge in [-0.15, -0.1) is 0 Å². The molecule has 2 bridgehead atoms. The Labute approximate surface area is 209 Å². The summed E-state index contributed by atoms with van der Waals surface area (Å²) >= 11 is 0. The second-order valence-electron chi connectivity index (χ2n) is 9.90. The van der Waals surface area contributed by atoms with Crippen LogP contribution in [0.2, 0.25) is 0 Å². The van der Waals surface area contributed by atoms with E-state index in [0.717, 1.165) is 43.8 Å². The molecule has 5 aromatic carbocycles. The summed E-state index contributed by atoms with van der Waals surface area (Å²) in [6.45, 7) is 0. The normalized spacial score (nSPS) is 24.2. The zero-order valence-electron chi connectivity index (χ0n) is 19.9. The molecule has 2 aliphatic carbocycles. The highest BCUT2D eigenvalue weighted by Crippen LogP contribution is 2.68. The number of methoxy groups -OCH3 is 1. The number of Topliss-reactive ketones (excluding diaryl/α,β-unsaturated/α-hetero) is 1. The maximum Gasteiger partial charge on any atom is 0.310 e. The fourth-order valence-corrected chi connectivity index (χ4v) is 7.24. The Kier molecular flexibility index (Phi) is 4.32. The summed E-state index contributed by atoms with van der Waals surface area (Å²) in [6, 6.07) is 36.5. The van der Waals surface area contributed by atoms with Crippen LogP contribution in [0.3, 0.4) is 0 Å². The molecular formula is C33H24O3. The molecule has 3 atom stereocenters. The van der Waals surface area contributed by atoms with Gasteiger partial charge in [-0.25, -0.2) is 0 Å². The van der Waals surface area contributed by atoms with E-state index >= 15 is 4.79 Å². The molecule has 0 radical (unpaired) electrons. The van der Waals surface area contributed by atoms with E-state index in [9.17, 15) is 4.79 Å². The van der Waals surface area contributed by atoms with Crippen LogP contribution in [-0.2, 0) is 25.2 Å². The smallest absolute Gasteiger partial charge is 0.310 e. The van der Waals surface area contributed by atoms with Crippen molar-refractivity contribution in [3.05, 3.63) is 131 Å². The predicted octanol–water partition coefficient (Wildman–Crippen LogP) is 6.34. The zero-order valence-corrected chi connectivity index (χ0v) is 19.9. The van der Waals surface area contributed by atoms with Crippen LogP contribution in [0, 0.1) is 5.92 Å². The van der Waals surface area contributed by atoms with Crippen LogP contribution < -0.4 is 0 Å². The van der Waals surface area contributed by atoms with Gasteiger partial charge in [0.05, 0.1) is 23.9 Å². The summed E-state index contributed by atoms with van der Waals surface area (Å²) in [7, 11) is 1.42. The monoisotopic (exact) mass is 468 g/mol. The minimum Gasteiger partial charge on any atom is -0.469 e. The molecule has 1 fully saturated rings. The van der Waals surface area contributed by atoms with Crippen molar-refractivity contribution < 1.29 is 14.3 Å². The molecule has 5 aromatic rings. The van der Waals surface area contributed by atoms with Gasteiger partial charge in [0.1, 0.15) is 0 Å². The molecule has 1 saturated carbocycles. The van der Waals surface area contributed by atoms with Crippen molar-refractivity contribution in [3.63, 3.8) is 0 Å². The van der Waals surface area contributed by atoms with Crippen molar-refractivity contribution in [2.24, 2.45) is 5.92 Å². The van der Waals surface area contributed by atoms with Crippen LogP contribution in [0.25, 0.3) is 21.5 Å². The van der Waals surface area contributed by atoms with Crippen LogP contribution in [0.5, 0.6) is 0 Å². The van der Waals surface area contributed by atoms with Gasteiger partial charge in [-0.05, 0) is 50.2 Å². The number of hydrogen-bond donors (Lipinski definition) is 0. The molecule has 0 heterocycles. The lowest BCUT2D eigenvalue weighted by atomic mass is 9.63. The number of benzene rings is 5. The third-order valence-electron chi connectivity index (χ3n) is 8.51. The summed E-state index contributed by atoms with van der Waals surface area (Å²) < 4.78 is 5.39. The van der Waals surface area contributed by atoms with Gasteiger partial charge < -0.3 is 4.74 Å². The van der Waals surface area contributed by atoms with Crippen LogP contribution >= 0.6 is 0 Å². The van der Waals surface area contributed by atoms with E-state index in [1.807, 2.05) is 78.9 Å². The molecule has 0 amide bonds. The molecule has 0 N–H and O–H groups in total. The zero-order chi connectivity index (χ0) is 24.5. The number of carbonyl (C=O) groups excluding carboxylic acids is 2. The molecule has 0 aromatic heterocycles. The van der Waals surface area contributed by atoms with Crippen molar-refractivity contribution in [2.75, 3.05) is 7.11 Å². The Bertz CT molecular complexity index is 1690. The molecule has 3 heteroatoms. The molecule has 0 aliphatic heterocycles. The lowest BCUT2D eigenvalue weighted by Gasteiger charge is -2.37. The average Bonchev–Trinajstić information content (AvgIpc) is 3.36. The maximum atomic E-state index is 15.2. The fourth-order valence-electron chi connectivity index (χ4n) is 7.24. The van der Waals surface area contributed by atoms with Crippen LogP contribution in [0.4, 0.5) is 0 Å².